The zero-order valence-corrected chi connectivity index (χ0v) is 15.1. The third-order valence-corrected chi connectivity index (χ3v) is 4.87. The van der Waals surface area contributed by atoms with E-state index in [9.17, 15) is 18.1 Å². The Labute approximate surface area is 149 Å². The van der Waals surface area contributed by atoms with Gasteiger partial charge in [-0.2, -0.15) is 8.42 Å². The molecule has 0 spiro atoms. The molecule has 0 radical (unpaired) electrons. The summed E-state index contributed by atoms with van der Waals surface area (Å²) in [4.78, 5) is -0.0775. The van der Waals surface area contributed by atoms with Gasteiger partial charge in [-0.05, 0) is 48.7 Å². The van der Waals surface area contributed by atoms with Crippen molar-refractivity contribution in [3.63, 3.8) is 0 Å². The van der Waals surface area contributed by atoms with E-state index in [2.05, 4.69) is 6.92 Å². The fourth-order valence-corrected chi connectivity index (χ4v) is 3.40. The van der Waals surface area contributed by atoms with Crippen LogP contribution in [0.2, 0.25) is 0 Å². The summed E-state index contributed by atoms with van der Waals surface area (Å²) in [7, 11) is -4.27. The smallest absolute Gasteiger partial charge is 0.294 e. The fourth-order valence-electron chi connectivity index (χ4n) is 2.67. The minimum atomic E-state index is -4.27. The highest BCUT2D eigenvalue weighted by Gasteiger charge is 2.16. The maximum atomic E-state index is 11.6. The molecule has 2 aromatic rings. The van der Waals surface area contributed by atoms with Crippen molar-refractivity contribution in [2.75, 3.05) is 0 Å². The Morgan fingerprint density at radius 2 is 1.68 bits per heavy atom. The van der Waals surface area contributed by atoms with Crippen LogP contribution in [0.5, 0.6) is 17.2 Å². The Balaban J connectivity index is 2.18. The lowest BCUT2D eigenvalue weighted by Gasteiger charge is -2.11. The molecule has 0 saturated heterocycles. The van der Waals surface area contributed by atoms with E-state index in [1.54, 1.807) is 18.2 Å². The number of aromatic hydroxyl groups is 1. The second-order valence-corrected chi connectivity index (χ2v) is 7.40. The van der Waals surface area contributed by atoms with Crippen LogP contribution < -0.4 is 4.74 Å². The molecular weight excluding hydrogens is 340 g/mol. The lowest BCUT2D eigenvalue weighted by atomic mass is 10.1. The highest BCUT2D eigenvalue weighted by molar-refractivity contribution is 7.85. The van der Waals surface area contributed by atoms with E-state index < -0.39 is 10.1 Å². The normalized spacial score (nSPS) is 11.4. The monoisotopic (exact) mass is 364 g/mol. The lowest BCUT2D eigenvalue weighted by molar-refractivity contribution is 0.454. The van der Waals surface area contributed by atoms with E-state index >= 15 is 0 Å². The van der Waals surface area contributed by atoms with E-state index in [1.165, 1.54) is 24.3 Å². The Hall–Kier alpha value is -2.05. The molecular formula is C19H24O5S. The molecule has 25 heavy (non-hydrogen) atoms. The Morgan fingerprint density at radius 1 is 0.960 bits per heavy atom. The summed E-state index contributed by atoms with van der Waals surface area (Å²) in [6, 6.07) is 10.8. The number of aryl methyl sites for hydroxylation is 1. The van der Waals surface area contributed by atoms with Gasteiger partial charge in [0.1, 0.15) is 17.2 Å². The first kappa shape index (κ1) is 19.3. The second-order valence-electron chi connectivity index (χ2n) is 6.01. The molecule has 2 aromatic carbocycles. The number of phenolic OH excluding ortho intramolecular Hbond substituents is 1. The average Bonchev–Trinajstić information content (AvgIpc) is 2.54. The summed E-state index contributed by atoms with van der Waals surface area (Å²) in [6.07, 6.45) is 5.82. The summed E-state index contributed by atoms with van der Waals surface area (Å²) < 4.78 is 38.3. The molecule has 0 aliphatic rings. The summed E-state index contributed by atoms with van der Waals surface area (Å²) in [5, 5.41) is 9.49. The van der Waals surface area contributed by atoms with Crippen LogP contribution in [0, 0.1) is 0 Å². The van der Waals surface area contributed by atoms with Crippen LogP contribution >= 0.6 is 0 Å². The van der Waals surface area contributed by atoms with Gasteiger partial charge in [-0.3, -0.25) is 4.55 Å². The van der Waals surface area contributed by atoms with E-state index in [0.717, 1.165) is 32.1 Å². The zero-order valence-electron chi connectivity index (χ0n) is 14.3. The predicted molar refractivity (Wildman–Crippen MR) is 96.9 cm³/mol. The van der Waals surface area contributed by atoms with Crippen LogP contribution in [0.25, 0.3) is 0 Å². The second kappa shape index (κ2) is 8.87. The molecule has 0 aromatic heterocycles. The van der Waals surface area contributed by atoms with Crippen molar-refractivity contribution in [3.05, 3.63) is 48.0 Å². The largest absolute Gasteiger partial charge is 0.508 e. The van der Waals surface area contributed by atoms with Crippen molar-refractivity contribution in [1.29, 1.82) is 0 Å². The van der Waals surface area contributed by atoms with Gasteiger partial charge in [0.2, 0.25) is 0 Å². The third kappa shape index (κ3) is 6.07. The van der Waals surface area contributed by atoms with Gasteiger partial charge in [0.05, 0.1) is 4.90 Å². The van der Waals surface area contributed by atoms with Crippen molar-refractivity contribution in [1.82, 2.24) is 0 Å². The third-order valence-electron chi connectivity index (χ3n) is 3.91. The molecule has 0 atom stereocenters. The SMILES string of the molecule is CCCCCCCc1cc(Oc2cccc(O)c2)ccc1S(=O)(=O)O. The first-order valence-electron chi connectivity index (χ1n) is 8.47. The van der Waals surface area contributed by atoms with Gasteiger partial charge in [-0.15, -0.1) is 0 Å². The first-order chi connectivity index (χ1) is 11.9. The minimum Gasteiger partial charge on any atom is -0.508 e. The molecule has 0 unspecified atom stereocenters. The maximum Gasteiger partial charge on any atom is 0.294 e. The molecule has 0 fully saturated rings. The van der Waals surface area contributed by atoms with Gasteiger partial charge in [-0.25, -0.2) is 0 Å². The Kier molecular flexibility index (Phi) is 6.84. The molecule has 6 heteroatoms. The molecule has 0 heterocycles. The topological polar surface area (TPSA) is 83.8 Å². The quantitative estimate of drug-likeness (QED) is 0.486. The molecule has 2 N–H and O–H groups in total. The van der Waals surface area contributed by atoms with E-state index in [1.807, 2.05) is 0 Å². The number of benzene rings is 2. The molecule has 0 aliphatic carbocycles. The average molecular weight is 364 g/mol. The van der Waals surface area contributed by atoms with Crippen molar-refractivity contribution in [3.8, 4) is 17.2 Å². The maximum absolute atomic E-state index is 11.6. The van der Waals surface area contributed by atoms with Crippen molar-refractivity contribution in [2.45, 2.75) is 50.3 Å². The van der Waals surface area contributed by atoms with Crippen LogP contribution in [0.15, 0.2) is 47.4 Å². The summed E-state index contributed by atoms with van der Waals surface area (Å²) in [5.41, 5.74) is 0.539. The number of ether oxygens (including phenoxy) is 1. The van der Waals surface area contributed by atoms with Gasteiger partial charge < -0.3 is 9.84 Å². The standard InChI is InChI=1S/C19H24O5S/c1-2-3-4-5-6-8-15-13-18(11-12-19(15)25(21,22)23)24-17-10-7-9-16(20)14-17/h7,9-14,20H,2-6,8H2,1H3,(H,21,22,23). The molecule has 2 rings (SSSR count). The lowest BCUT2D eigenvalue weighted by Crippen LogP contribution is -2.04. The van der Waals surface area contributed by atoms with E-state index in [-0.39, 0.29) is 10.6 Å². The minimum absolute atomic E-state index is 0.0775. The predicted octanol–water partition coefficient (Wildman–Crippen LogP) is 4.94. The molecule has 5 nitrogen and oxygen atoms in total. The van der Waals surface area contributed by atoms with Crippen molar-refractivity contribution in [2.24, 2.45) is 0 Å². The number of hydrogen-bond acceptors (Lipinski definition) is 4. The molecule has 0 aliphatic heterocycles. The van der Waals surface area contributed by atoms with Crippen LogP contribution in [0.3, 0.4) is 0 Å². The molecule has 0 bridgehead atoms. The number of rotatable bonds is 9. The van der Waals surface area contributed by atoms with Gasteiger partial charge in [0, 0.05) is 6.07 Å². The molecule has 136 valence electrons. The number of unbranched alkanes of at least 4 members (excludes halogenated alkanes) is 4. The molecule has 0 saturated carbocycles. The van der Waals surface area contributed by atoms with Gasteiger partial charge in [0.25, 0.3) is 10.1 Å². The van der Waals surface area contributed by atoms with Crippen molar-refractivity contribution < 1.29 is 22.8 Å². The van der Waals surface area contributed by atoms with E-state index in [0.29, 0.717) is 23.5 Å². The highest BCUT2D eigenvalue weighted by atomic mass is 32.2. The van der Waals surface area contributed by atoms with Crippen LogP contribution in [0.1, 0.15) is 44.6 Å². The zero-order chi connectivity index (χ0) is 18.3. The summed E-state index contributed by atoms with van der Waals surface area (Å²) >= 11 is 0. The number of phenols is 1. The number of hydrogen-bond donors (Lipinski definition) is 2. The highest BCUT2D eigenvalue weighted by Crippen LogP contribution is 2.29. The van der Waals surface area contributed by atoms with Crippen LogP contribution in [0.4, 0.5) is 0 Å². The summed E-state index contributed by atoms with van der Waals surface area (Å²) in [6.45, 7) is 2.14. The fraction of sp³-hybridized carbons (Fsp3) is 0.368. The van der Waals surface area contributed by atoms with Crippen LogP contribution in [-0.2, 0) is 16.5 Å². The first-order valence-corrected chi connectivity index (χ1v) is 9.91. The summed E-state index contributed by atoms with van der Waals surface area (Å²) in [5.74, 6) is 0.998. The van der Waals surface area contributed by atoms with Gasteiger partial charge in [-0.1, -0.05) is 38.7 Å². The molecule has 0 amide bonds. The Bertz CT molecular complexity index is 799. The Morgan fingerprint density at radius 3 is 2.36 bits per heavy atom. The van der Waals surface area contributed by atoms with Crippen molar-refractivity contribution >= 4 is 10.1 Å². The van der Waals surface area contributed by atoms with Gasteiger partial charge >= 0.3 is 0 Å². The van der Waals surface area contributed by atoms with E-state index in [4.69, 9.17) is 4.74 Å². The van der Waals surface area contributed by atoms with Gasteiger partial charge in [0.15, 0.2) is 0 Å². The van der Waals surface area contributed by atoms with Crippen LogP contribution in [-0.4, -0.2) is 18.1 Å².